The highest BCUT2D eigenvalue weighted by molar-refractivity contribution is 5.90. The number of hydrogen-bond donors (Lipinski definition) is 0. The molecule has 4 rings (SSSR count). The lowest BCUT2D eigenvalue weighted by atomic mass is 10.1. The number of para-hydroxylation sites is 1. The maximum Gasteiger partial charge on any atom is 0.149 e. The molecular formula is C24H22F2N6. The van der Waals surface area contributed by atoms with Crippen LogP contribution < -0.4 is 4.90 Å². The number of benzene rings is 1. The van der Waals surface area contributed by atoms with Crippen molar-refractivity contribution in [2.45, 2.75) is 13.8 Å². The highest BCUT2D eigenvalue weighted by Gasteiger charge is 2.20. The van der Waals surface area contributed by atoms with Crippen molar-refractivity contribution in [3.05, 3.63) is 78.9 Å². The van der Waals surface area contributed by atoms with Crippen LogP contribution in [0.5, 0.6) is 0 Å². The molecule has 0 aliphatic rings. The van der Waals surface area contributed by atoms with Crippen molar-refractivity contribution in [3.63, 3.8) is 0 Å². The summed E-state index contributed by atoms with van der Waals surface area (Å²) in [7, 11) is 1.84. The summed E-state index contributed by atoms with van der Waals surface area (Å²) in [5, 5.41) is 4.19. The van der Waals surface area contributed by atoms with Gasteiger partial charge in [0.05, 0.1) is 23.8 Å². The lowest BCUT2D eigenvalue weighted by Gasteiger charge is -2.25. The molecule has 4 aromatic rings. The Kier molecular flexibility index (Phi) is 6.02. The molecule has 8 heteroatoms. The fraction of sp³-hybridized carbons (Fsp3) is 0.167. The first-order chi connectivity index (χ1) is 15.5. The summed E-state index contributed by atoms with van der Waals surface area (Å²) < 4.78 is 31.1. The number of halogens is 2. The first-order valence-corrected chi connectivity index (χ1v) is 10.1. The Labute approximate surface area is 184 Å². The fourth-order valence-corrected chi connectivity index (χ4v) is 3.37. The van der Waals surface area contributed by atoms with E-state index in [1.54, 1.807) is 48.4 Å². The zero-order valence-corrected chi connectivity index (χ0v) is 18.0. The van der Waals surface area contributed by atoms with Gasteiger partial charge < -0.3 is 4.90 Å². The van der Waals surface area contributed by atoms with Crippen LogP contribution in [0.4, 0.5) is 20.3 Å². The molecule has 3 aromatic heterocycles. The maximum absolute atomic E-state index is 14.7. The predicted octanol–water partition coefficient (Wildman–Crippen LogP) is 5.44. The molecule has 32 heavy (non-hydrogen) atoms. The Morgan fingerprint density at radius 3 is 2.56 bits per heavy atom. The van der Waals surface area contributed by atoms with Crippen molar-refractivity contribution < 1.29 is 8.78 Å². The van der Waals surface area contributed by atoms with E-state index in [0.717, 1.165) is 11.1 Å². The number of anilines is 2. The molecule has 0 atom stereocenters. The molecule has 0 saturated carbocycles. The van der Waals surface area contributed by atoms with Gasteiger partial charge >= 0.3 is 0 Å². The lowest BCUT2D eigenvalue weighted by Crippen LogP contribution is -2.26. The highest BCUT2D eigenvalue weighted by Crippen LogP contribution is 2.31. The smallest absolute Gasteiger partial charge is 0.149 e. The molecule has 0 saturated heterocycles. The van der Waals surface area contributed by atoms with E-state index >= 15 is 0 Å². The summed E-state index contributed by atoms with van der Waals surface area (Å²) in [6, 6.07) is 9.17. The zero-order valence-electron chi connectivity index (χ0n) is 18.0. The minimum atomic E-state index is -0.673. The molecule has 6 nitrogen and oxygen atoms in total. The van der Waals surface area contributed by atoms with Crippen molar-refractivity contribution in [1.29, 1.82) is 0 Å². The van der Waals surface area contributed by atoms with E-state index in [2.05, 4.69) is 15.1 Å². The summed E-state index contributed by atoms with van der Waals surface area (Å²) in [5.74, 6) is -0.956. The SMILES string of the molecule is C/C=C\N=C(C)CN(c1ccc2ncc(-c3cnn(C)c3)cc2n1)c1c(F)cccc1F. The molecule has 0 N–H and O–H groups in total. The Morgan fingerprint density at radius 2 is 1.88 bits per heavy atom. The highest BCUT2D eigenvalue weighted by atomic mass is 19.1. The first kappa shape index (κ1) is 21.3. The fourth-order valence-electron chi connectivity index (χ4n) is 3.37. The normalized spacial score (nSPS) is 12.1. The molecular weight excluding hydrogens is 410 g/mol. The van der Waals surface area contributed by atoms with E-state index in [9.17, 15) is 8.78 Å². The quantitative estimate of drug-likeness (QED) is 0.381. The molecule has 0 radical (unpaired) electrons. The monoisotopic (exact) mass is 432 g/mol. The second-order valence-electron chi connectivity index (χ2n) is 7.34. The van der Waals surface area contributed by atoms with Gasteiger partial charge in [-0.2, -0.15) is 5.10 Å². The molecule has 0 aliphatic heterocycles. The zero-order chi connectivity index (χ0) is 22.7. The Morgan fingerprint density at radius 1 is 1.09 bits per heavy atom. The predicted molar refractivity (Wildman–Crippen MR) is 123 cm³/mol. The summed E-state index contributed by atoms with van der Waals surface area (Å²) in [6.07, 6.45) is 8.81. The average molecular weight is 432 g/mol. The van der Waals surface area contributed by atoms with Gasteiger partial charge in [0, 0.05) is 42.5 Å². The number of aryl methyl sites for hydroxylation is 1. The van der Waals surface area contributed by atoms with E-state index in [1.165, 1.54) is 23.1 Å². The number of rotatable bonds is 6. The molecule has 0 amide bonds. The van der Waals surface area contributed by atoms with Gasteiger partial charge in [0.2, 0.25) is 0 Å². The topological polar surface area (TPSA) is 59.2 Å². The van der Waals surface area contributed by atoms with Crippen LogP contribution in [0.25, 0.3) is 22.2 Å². The number of nitrogens with zero attached hydrogens (tertiary/aromatic N) is 6. The molecule has 162 valence electrons. The summed E-state index contributed by atoms with van der Waals surface area (Å²) in [4.78, 5) is 15.0. The van der Waals surface area contributed by atoms with E-state index < -0.39 is 11.6 Å². The van der Waals surface area contributed by atoms with Crippen molar-refractivity contribution in [2.24, 2.45) is 12.0 Å². The lowest BCUT2D eigenvalue weighted by molar-refractivity contribution is 0.582. The minimum absolute atomic E-state index is 0.163. The van der Waals surface area contributed by atoms with Crippen molar-refractivity contribution in [2.75, 3.05) is 11.4 Å². The average Bonchev–Trinajstić information content (AvgIpc) is 3.22. The number of fused-ring (bicyclic) bond motifs is 1. The van der Waals surface area contributed by atoms with Gasteiger partial charge in [-0.1, -0.05) is 12.1 Å². The van der Waals surface area contributed by atoms with Gasteiger partial charge in [-0.25, -0.2) is 13.8 Å². The Bertz CT molecular complexity index is 1310. The molecule has 3 heterocycles. The number of pyridine rings is 2. The van der Waals surface area contributed by atoms with Gasteiger partial charge in [-0.15, -0.1) is 0 Å². The third-order valence-electron chi connectivity index (χ3n) is 4.88. The molecule has 0 spiro atoms. The molecule has 0 aliphatic carbocycles. The van der Waals surface area contributed by atoms with Gasteiger partial charge in [-0.05, 0) is 44.2 Å². The molecule has 0 unspecified atom stereocenters. The van der Waals surface area contributed by atoms with Crippen LogP contribution in [0.15, 0.2) is 72.3 Å². The van der Waals surface area contributed by atoms with Gasteiger partial charge in [0.25, 0.3) is 0 Å². The van der Waals surface area contributed by atoms with E-state index in [-0.39, 0.29) is 12.2 Å². The van der Waals surface area contributed by atoms with Crippen molar-refractivity contribution >= 4 is 28.3 Å². The second kappa shape index (κ2) is 9.05. The van der Waals surface area contributed by atoms with Crippen LogP contribution in [-0.4, -0.2) is 32.0 Å². The van der Waals surface area contributed by atoms with Crippen LogP contribution in [0.1, 0.15) is 13.8 Å². The number of allylic oxidation sites excluding steroid dienone is 1. The minimum Gasteiger partial charge on any atom is -0.316 e. The molecule has 0 bridgehead atoms. The standard InChI is InChI=1S/C24H22F2N6/c1-4-10-27-16(2)14-32(24-19(25)6-5-7-20(24)26)23-9-8-21-22(30-23)11-17(12-28-21)18-13-29-31(3)15-18/h4-13,15H,14H2,1-3H3/b10-4-,27-16?. The van der Waals surface area contributed by atoms with E-state index in [0.29, 0.717) is 22.6 Å². The number of hydrogen-bond acceptors (Lipinski definition) is 5. The van der Waals surface area contributed by atoms with E-state index in [1.807, 2.05) is 26.2 Å². The Hall–Kier alpha value is -3.94. The summed E-state index contributed by atoms with van der Waals surface area (Å²) >= 11 is 0. The van der Waals surface area contributed by atoms with Crippen molar-refractivity contribution in [1.82, 2.24) is 19.7 Å². The first-order valence-electron chi connectivity index (χ1n) is 10.1. The van der Waals surface area contributed by atoms with Crippen LogP contribution in [0.2, 0.25) is 0 Å². The van der Waals surface area contributed by atoms with Crippen LogP contribution in [0.3, 0.4) is 0 Å². The molecule has 1 aromatic carbocycles. The van der Waals surface area contributed by atoms with Gasteiger partial charge in [0.1, 0.15) is 23.1 Å². The van der Waals surface area contributed by atoms with E-state index in [4.69, 9.17) is 4.98 Å². The van der Waals surface area contributed by atoms with Crippen LogP contribution in [-0.2, 0) is 7.05 Å². The largest absolute Gasteiger partial charge is 0.316 e. The van der Waals surface area contributed by atoms with Gasteiger partial charge in [-0.3, -0.25) is 14.7 Å². The van der Waals surface area contributed by atoms with Crippen LogP contribution in [0, 0.1) is 11.6 Å². The van der Waals surface area contributed by atoms with Crippen molar-refractivity contribution in [3.8, 4) is 11.1 Å². The number of aliphatic imine (C=N–C) groups is 1. The Balaban J connectivity index is 1.83. The number of aromatic nitrogens is 4. The molecule has 0 fully saturated rings. The maximum atomic E-state index is 14.7. The van der Waals surface area contributed by atoms with Crippen LogP contribution >= 0.6 is 0 Å². The summed E-state index contributed by atoms with van der Waals surface area (Å²) in [5.41, 5.74) is 3.54. The van der Waals surface area contributed by atoms with Gasteiger partial charge in [0.15, 0.2) is 0 Å². The summed E-state index contributed by atoms with van der Waals surface area (Å²) in [6.45, 7) is 3.81. The third kappa shape index (κ3) is 4.39. The second-order valence-corrected chi connectivity index (χ2v) is 7.34. The third-order valence-corrected chi connectivity index (χ3v) is 4.88.